The van der Waals surface area contributed by atoms with E-state index >= 15 is 0 Å². The Morgan fingerprint density at radius 1 is 1.03 bits per heavy atom. The van der Waals surface area contributed by atoms with Crippen molar-refractivity contribution in [2.45, 2.75) is 89.1 Å². The number of aromatic nitrogens is 3. The summed E-state index contributed by atoms with van der Waals surface area (Å²) < 4.78 is 14.4. The minimum absolute atomic E-state index is 0.489. The van der Waals surface area contributed by atoms with Crippen LogP contribution in [0.5, 0.6) is 0 Å². The molecule has 4 rings (SSSR count). The molecule has 2 aromatic heterocycles. The highest BCUT2D eigenvalue weighted by molar-refractivity contribution is 6.76. The molecule has 0 aromatic carbocycles. The van der Waals surface area contributed by atoms with Crippen LogP contribution in [0.4, 0.5) is 5.82 Å². The van der Waals surface area contributed by atoms with E-state index in [1.807, 2.05) is 16.8 Å². The average Bonchev–Trinajstić information content (AvgIpc) is 3.25. The number of rotatable bonds is 12. The van der Waals surface area contributed by atoms with E-state index in [4.69, 9.17) is 14.5 Å². The molecule has 2 bridgehead atoms. The third-order valence-corrected chi connectivity index (χ3v) is 10.9. The Morgan fingerprint density at radius 2 is 1.69 bits per heavy atom. The zero-order valence-electron chi connectivity index (χ0n) is 23.6. The van der Waals surface area contributed by atoms with Crippen molar-refractivity contribution in [3.63, 3.8) is 0 Å². The summed E-state index contributed by atoms with van der Waals surface area (Å²) >= 11 is 0. The summed E-state index contributed by atoms with van der Waals surface area (Å²) in [5.41, 5.74) is 3.31. The van der Waals surface area contributed by atoms with Crippen LogP contribution in [-0.4, -0.2) is 82.3 Å². The van der Waals surface area contributed by atoms with Gasteiger partial charge in [-0.3, -0.25) is 0 Å². The molecular weight excluding hydrogens is 481 g/mol. The number of hydrogen-bond donors (Lipinski definition) is 0. The number of hydrogen-bond acceptors (Lipinski definition) is 6. The van der Waals surface area contributed by atoms with Crippen LogP contribution in [0.3, 0.4) is 0 Å². The normalized spacial score (nSPS) is 21.1. The first-order valence-electron chi connectivity index (χ1n) is 13.7. The Labute approximate surface area is 220 Å². The molecule has 198 valence electrons. The third-order valence-electron chi connectivity index (χ3n) is 7.47. The molecule has 7 nitrogen and oxygen atoms in total. The lowest BCUT2D eigenvalue weighted by molar-refractivity contribution is 0.0942. The number of anilines is 1. The van der Waals surface area contributed by atoms with Gasteiger partial charge in [-0.2, -0.15) is 9.61 Å². The summed E-state index contributed by atoms with van der Waals surface area (Å²) in [5.74, 6) is 0.992. The minimum Gasteiger partial charge on any atom is -0.361 e. The van der Waals surface area contributed by atoms with Crippen LogP contribution >= 0.6 is 0 Å². The van der Waals surface area contributed by atoms with Gasteiger partial charge in [0.05, 0.1) is 11.9 Å². The number of fused-ring (bicyclic) bond motifs is 3. The summed E-state index contributed by atoms with van der Waals surface area (Å²) in [5, 5.41) is 4.62. The van der Waals surface area contributed by atoms with E-state index in [2.05, 4.69) is 74.2 Å². The largest absolute Gasteiger partial charge is 0.361 e. The van der Waals surface area contributed by atoms with E-state index in [1.54, 1.807) is 0 Å². The highest BCUT2D eigenvalue weighted by atomic mass is 28.3. The molecule has 2 aliphatic rings. The molecule has 2 atom stereocenters. The second-order valence-electron chi connectivity index (χ2n) is 13.1. The van der Waals surface area contributed by atoms with Gasteiger partial charge < -0.3 is 19.2 Å². The zero-order valence-corrected chi connectivity index (χ0v) is 25.6. The van der Waals surface area contributed by atoms with Gasteiger partial charge in [0.1, 0.15) is 19.3 Å². The fourth-order valence-electron chi connectivity index (χ4n) is 4.99. The summed E-state index contributed by atoms with van der Waals surface area (Å²) in [6, 6.07) is 7.64. The maximum absolute atomic E-state index is 6.22. The van der Waals surface area contributed by atoms with Crippen LogP contribution in [0, 0.1) is 0 Å². The van der Waals surface area contributed by atoms with Gasteiger partial charge >= 0.3 is 0 Å². The van der Waals surface area contributed by atoms with E-state index in [0.717, 1.165) is 48.9 Å². The average molecular weight is 528 g/mol. The van der Waals surface area contributed by atoms with Crippen LogP contribution in [0.1, 0.15) is 31.4 Å². The number of nitrogens with zero attached hydrogens (tertiary/aromatic N) is 5. The van der Waals surface area contributed by atoms with Gasteiger partial charge in [-0.1, -0.05) is 51.8 Å². The molecule has 0 radical (unpaired) electrons. The highest BCUT2D eigenvalue weighted by Crippen LogP contribution is 2.36. The van der Waals surface area contributed by atoms with Gasteiger partial charge in [-0.25, -0.2) is 4.98 Å². The SMILES string of the molecule is BN1C2C=C(c3cc(N(COCC[Si](C)(C)C)COCC[Si](C)(C)C)n4nccc4n3)CC1CCC2. The van der Waals surface area contributed by atoms with E-state index in [0.29, 0.717) is 25.5 Å². The topological polar surface area (TPSA) is 55.1 Å². The smallest absolute Gasteiger partial charge is 0.186 e. The van der Waals surface area contributed by atoms with Crippen LogP contribution < -0.4 is 4.90 Å². The van der Waals surface area contributed by atoms with Gasteiger partial charge in [0.25, 0.3) is 0 Å². The first-order chi connectivity index (χ1) is 17.0. The molecule has 10 heteroatoms. The first kappa shape index (κ1) is 27.6. The second-order valence-corrected chi connectivity index (χ2v) is 24.3. The Kier molecular flexibility index (Phi) is 8.82. The Hall–Kier alpha value is -1.46. The quantitative estimate of drug-likeness (QED) is 0.226. The fourth-order valence-corrected chi connectivity index (χ4v) is 6.51. The summed E-state index contributed by atoms with van der Waals surface area (Å²) in [7, 11) is -0.0267. The molecule has 0 N–H and O–H groups in total. The zero-order chi connectivity index (χ0) is 25.9. The van der Waals surface area contributed by atoms with E-state index < -0.39 is 16.1 Å². The standard InChI is InChI=1S/C26H46BN5O2Si2/c1-35(2,3)14-12-33-19-30(20-34-13-15-36(4,5)6)26-18-24(29-25-10-11-28-32(25)26)21-16-22-8-7-9-23(17-21)31(22)27/h10-11,16,18,22-23H,7-9,12-15,17,19-20,27H2,1-6H3. The van der Waals surface area contributed by atoms with Gasteiger partial charge in [0, 0.05) is 53.6 Å². The van der Waals surface area contributed by atoms with Crippen molar-refractivity contribution in [2.75, 3.05) is 31.6 Å². The monoisotopic (exact) mass is 527 g/mol. The molecule has 2 unspecified atom stereocenters. The third kappa shape index (κ3) is 7.31. The van der Waals surface area contributed by atoms with Gasteiger partial charge in [-0.15, -0.1) is 0 Å². The predicted molar refractivity (Wildman–Crippen MR) is 158 cm³/mol. The van der Waals surface area contributed by atoms with Crippen molar-refractivity contribution in [1.82, 2.24) is 19.4 Å². The lowest BCUT2D eigenvalue weighted by atomic mass is 9.82. The number of piperidine rings is 1. The van der Waals surface area contributed by atoms with Crippen molar-refractivity contribution < 1.29 is 9.47 Å². The lowest BCUT2D eigenvalue weighted by Gasteiger charge is -2.43. The molecule has 2 aliphatic heterocycles. The maximum Gasteiger partial charge on any atom is 0.186 e. The van der Waals surface area contributed by atoms with Crippen LogP contribution in [-0.2, 0) is 9.47 Å². The van der Waals surface area contributed by atoms with Crippen molar-refractivity contribution in [2.24, 2.45) is 0 Å². The fraction of sp³-hybridized carbons (Fsp3) is 0.692. The van der Waals surface area contributed by atoms with E-state index in [1.165, 1.54) is 24.8 Å². The Morgan fingerprint density at radius 3 is 2.31 bits per heavy atom. The Bertz CT molecular complexity index is 1030. The maximum atomic E-state index is 6.22. The molecule has 1 saturated heterocycles. The molecule has 1 fully saturated rings. The van der Waals surface area contributed by atoms with Crippen LogP contribution in [0.2, 0.25) is 51.4 Å². The lowest BCUT2D eigenvalue weighted by Crippen LogP contribution is -2.46. The Balaban J connectivity index is 1.58. The second kappa shape index (κ2) is 11.5. The van der Waals surface area contributed by atoms with Gasteiger partial charge in [0.15, 0.2) is 13.6 Å². The van der Waals surface area contributed by atoms with Gasteiger partial charge in [-0.05, 0) is 36.9 Å². The molecule has 4 heterocycles. The van der Waals surface area contributed by atoms with E-state index in [-0.39, 0.29) is 0 Å². The van der Waals surface area contributed by atoms with Gasteiger partial charge in [0.2, 0.25) is 0 Å². The van der Waals surface area contributed by atoms with E-state index in [9.17, 15) is 0 Å². The van der Waals surface area contributed by atoms with Crippen LogP contribution in [0.25, 0.3) is 11.2 Å². The van der Waals surface area contributed by atoms with Crippen molar-refractivity contribution in [3.05, 3.63) is 30.1 Å². The molecular formula is C26H46BN5O2Si2. The summed E-state index contributed by atoms with van der Waals surface area (Å²) in [6.45, 7) is 16.9. The molecule has 0 spiro atoms. The van der Waals surface area contributed by atoms with Crippen molar-refractivity contribution in [1.29, 1.82) is 0 Å². The van der Waals surface area contributed by atoms with Crippen LogP contribution in [0.15, 0.2) is 24.4 Å². The summed E-state index contributed by atoms with van der Waals surface area (Å²) in [6.07, 6.45) is 9.18. The first-order valence-corrected chi connectivity index (χ1v) is 21.1. The summed E-state index contributed by atoms with van der Waals surface area (Å²) in [4.78, 5) is 9.77. The molecule has 36 heavy (non-hydrogen) atoms. The molecule has 0 aliphatic carbocycles. The minimum atomic E-state index is -1.15. The molecule has 0 amide bonds. The number of ether oxygens (including phenoxy) is 2. The van der Waals surface area contributed by atoms with Crippen molar-refractivity contribution >= 4 is 41.2 Å². The molecule has 2 aromatic rings. The highest BCUT2D eigenvalue weighted by Gasteiger charge is 2.32. The molecule has 0 saturated carbocycles. The predicted octanol–water partition coefficient (Wildman–Crippen LogP) is 4.72. The van der Waals surface area contributed by atoms with Crippen molar-refractivity contribution in [3.8, 4) is 0 Å².